The summed E-state index contributed by atoms with van der Waals surface area (Å²) >= 11 is 8.24. The Morgan fingerprint density at radius 1 is 1.21 bits per heavy atom. The summed E-state index contributed by atoms with van der Waals surface area (Å²) in [7, 11) is 5.59. The highest BCUT2D eigenvalue weighted by Gasteiger charge is 2.27. The zero-order valence-electron chi connectivity index (χ0n) is 16.3. The van der Waals surface area contributed by atoms with Crippen molar-refractivity contribution in [2.24, 2.45) is 5.92 Å². The Kier molecular flexibility index (Phi) is 5.66. The van der Waals surface area contributed by atoms with Crippen LogP contribution in [-0.2, 0) is 4.74 Å². The number of thiazole rings is 1. The van der Waals surface area contributed by atoms with E-state index in [1.54, 1.807) is 18.4 Å². The molecular weight excluding hydrogens is 394 g/mol. The molecule has 2 aromatic heterocycles. The maximum atomic E-state index is 6.63. The van der Waals surface area contributed by atoms with E-state index in [0.29, 0.717) is 23.1 Å². The maximum Gasteiger partial charge on any atom is 0.228 e. The van der Waals surface area contributed by atoms with Gasteiger partial charge < -0.3 is 15.0 Å². The second kappa shape index (κ2) is 8.19. The lowest BCUT2D eigenvalue weighted by Gasteiger charge is -2.19. The van der Waals surface area contributed by atoms with E-state index in [2.05, 4.69) is 16.4 Å². The fourth-order valence-corrected chi connectivity index (χ4v) is 5.01. The minimum Gasteiger partial charge on any atom is -0.384 e. The second-order valence-corrected chi connectivity index (χ2v) is 8.78. The van der Waals surface area contributed by atoms with Gasteiger partial charge in [0.25, 0.3) is 0 Å². The molecule has 8 heteroatoms. The molecule has 1 aliphatic rings. The number of rotatable bonds is 6. The monoisotopic (exact) mass is 417 g/mol. The van der Waals surface area contributed by atoms with E-state index in [1.165, 1.54) is 0 Å². The maximum absolute atomic E-state index is 6.63. The average Bonchev–Trinajstić information content (AvgIpc) is 3.28. The summed E-state index contributed by atoms with van der Waals surface area (Å²) in [4.78, 5) is 15.9. The van der Waals surface area contributed by atoms with Gasteiger partial charge in [-0.15, -0.1) is 11.3 Å². The first-order valence-electron chi connectivity index (χ1n) is 9.41. The van der Waals surface area contributed by atoms with Crippen molar-refractivity contribution >= 4 is 44.9 Å². The third-order valence-electron chi connectivity index (χ3n) is 5.05. The van der Waals surface area contributed by atoms with E-state index in [4.69, 9.17) is 26.3 Å². The largest absolute Gasteiger partial charge is 0.384 e. The van der Waals surface area contributed by atoms with Crippen molar-refractivity contribution in [1.82, 2.24) is 15.0 Å². The molecule has 1 fully saturated rings. The molecule has 0 aliphatic heterocycles. The van der Waals surface area contributed by atoms with Crippen LogP contribution in [0.2, 0.25) is 5.15 Å². The number of benzene rings is 1. The number of nitrogens with one attached hydrogen (secondary N) is 1. The summed E-state index contributed by atoms with van der Waals surface area (Å²) in [5.41, 5.74) is 1.74. The number of ether oxygens (including phenoxy) is 1. The molecule has 1 aliphatic carbocycles. The molecule has 0 spiro atoms. The van der Waals surface area contributed by atoms with Gasteiger partial charge in [0, 0.05) is 33.9 Å². The van der Waals surface area contributed by atoms with E-state index in [9.17, 15) is 0 Å². The molecule has 1 N–H and O–H groups in total. The Hall–Kier alpha value is -1.96. The summed E-state index contributed by atoms with van der Waals surface area (Å²) in [5, 5.41) is 4.89. The number of methoxy groups -OCH3 is 1. The molecule has 4 rings (SSSR count). The van der Waals surface area contributed by atoms with E-state index in [0.717, 1.165) is 52.5 Å². The zero-order valence-corrected chi connectivity index (χ0v) is 17.8. The average molecular weight is 418 g/mol. The summed E-state index contributed by atoms with van der Waals surface area (Å²) in [5.74, 6) is 1.92. The number of fused-ring (bicyclic) bond motifs is 1. The molecule has 6 nitrogen and oxygen atoms in total. The number of nitrogens with zero attached hydrogens (tertiary/aromatic N) is 4. The van der Waals surface area contributed by atoms with Gasteiger partial charge in [0.1, 0.15) is 16.0 Å². The van der Waals surface area contributed by atoms with Crippen LogP contribution in [0, 0.1) is 5.92 Å². The molecular formula is C20H24ClN5OS. The van der Waals surface area contributed by atoms with Crippen LogP contribution in [0.1, 0.15) is 19.3 Å². The van der Waals surface area contributed by atoms with Crippen LogP contribution >= 0.6 is 22.9 Å². The highest BCUT2D eigenvalue weighted by atomic mass is 35.5. The highest BCUT2D eigenvalue weighted by Crippen LogP contribution is 2.40. The molecule has 0 unspecified atom stereocenters. The molecule has 0 bridgehead atoms. The van der Waals surface area contributed by atoms with E-state index in [1.807, 2.05) is 37.2 Å². The number of hydrogen-bond donors (Lipinski definition) is 1. The number of anilines is 2. The van der Waals surface area contributed by atoms with Crippen molar-refractivity contribution in [3.8, 4) is 10.6 Å². The van der Waals surface area contributed by atoms with Gasteiger partial charge >= 0.3 is 0 Å². The summed E-state index contributed by atoms with van der Waals surface area (Å²) < 4.78 is 6.45. The van der Waals surface area contributed by atoms with Crippen LogP contribution in [0.3, 0.4) is 0 Å². The van der Waals surface area contributed by atoms with Crippen LogP contribution in [-0.4, -0.2) is 48.8 Å². The van der Waals surface area contributed by atoms with E-state index >= 15 is 0 Å². The number of para-hydroxylation sites is 1. The van der Waals surface area contributed by atoms with Gasteiger partial charge in [-0.3, -0.25) is 0 Å². The number of aromatic nitrogens is 3. The second-order valence-electron chi connectivity index (χ2n) is 7.39. The van der Waals surface area contributed by atoms with Crippen molar-refractivity contribution < 1.29 is 4.74 Å². The fourth-order valence-electron chi connectivity index (χ4n) is 3.68. The smallest absolute Gasteiger partial charge is 0.228 e. The van der Waals surface area contributed by atoms with Gasteiger partial charge in [-0.2, -0.15) is 4.98 Å². The first kappa shape index (κ1) is 19.4. The normalized spacial score (nSPS) is 19.3. The quantitative estimate of drug-likeness (QED) is 0.586. The highest BCUT2D eigenvalue weighted by molar-refractivity contribution is 7.21. The van der Waals surface area contributed by atoms with Crippen molar-refractivity contribution in [2.45, 2.75) is 25.3 Å². The van der Waals surface area contributed by atoms with Crippen molar-refractivity contribution in [2.75, 3.05) is 38.0 Å². The van der Waals surface area contributed by atoms with Crippen molar-refractivity contribution in [1.29, 1.82) is 0 Å². The number of hydrogen-bond acceptors (Lipinski definition) is 7. The van der Waals surface area contributed by atoms with Crippen LogP contribution in [0.15, 0.2) is 24.3 Å². The van der Waals surface area contributed by atoms with Crippen LogP contribution < -0.4 is 10.2 Å². The lowest BCUT2D eigenvalue weighted by molar-refractivity contribution is 0.154. The molecule has 0 radical (unpaired) electrons. The SMILES string of the molecule is COC[C@@H]1CC[C@H](Nc2nc(N(C)C)nc(Cl)c2-c2nc3ccccc3s2)C1. The van der Waals surface area contributed by atoms with Gasteiger partial charge in [-0.05, 0) is 37.3 Å². The molecule has 0 amide bonds. The summed E-state index contributed by atoms with van der Waals surface area (Å²) in [6, 6.07) is 8.43. The van der Waals surface area contributed by atoms with Gasteiger partial charge in [0.15, 0.2) is 0 Å². The Bertz CT molecular complexity index is 943. The first-order chi connectivity index (χ1) is 13.5. The predicted molar refractivity (Wildman–Crippen MR) is 117 cm³/mol. The zero-order chi connectivity index (χ0) is 19.7. The first-order valence-corrected chi connectivity index (χ1v) is 10.6. The van der Waals surface area contributed by atoms with Gasteiger partial charge in [-0.1, -0.05) is 23.7 Å². The van der Waals surface area contributed by atoms with Gasteiger partial charge in [-0.25, -0.2) is 9.97 Å². The van der Waals surface area contributed by atoms with Crippen LogP contribution in [0.4, 0.5) is 11.8 Å². The third kappa shape index (κ3) is 3.92. The molecule has 1 saturated carbocycles. The van der Waals surface area contributed by atoms with E-state index < -0.39 is 0 Å². The standard InChI is InChI=1S/C20H24ClN5OS/c1-26(2)20-24-17(21)16(19-23-14-6-4-5-7-15(14)28-19)18(25-20)22-13-9-8-12(10-13)11-27-3/h4-7,12-13H,8-11H2,1-3H3,(H,22,24,25)/t12-,13+/m1/s1. The van der Waals surface area contributed by atoms with Gasteiger partial charge in [0.2, 0.25) is 5.95 Å². The lowest BCUT2D eigenvalue weighted by Crippen LogP contribution is -2.20. The minimum absolute atomic E-state index is 0.342. The Morgan fingerprint density at radius 2 is 2.04 bits per heavy atom. The molecule has 0 saturated heterocycles. The topological polar surface area (TPSA) is 63.2 Å². The summed E-state index contributed by atoms with van der Waals surface area (Å²) in [6.07, 6.45) is 3.31. The third-order valence-corrected chi connectivity index (χ3v) is 6.37. The molecule has 1 aromatic carbocycles. The Morgan fingerprint density at radius 3 is 2.79 bits per heavy atom. The Labute approximate surface area is 173 Å². The fraction of sp³-hybridized carbons (Fsp3) is 0.450. The van der Waals surface area contributed by atoms with Gasteiger partial charge in [0.05, 0.1) is 15.8 Å². The summed E-state index contributed by atoms with van der Waals surface area (Å²) in [6.45, 7) is 0.802. The lowest BCUT2D eigenvalue weighted by atomic mass is 10.1. The molecule has 2 heterocycles. The van der Waals surface area contributed by atoms with Crippen LogP contribution in [0.5, 0.6) is 0 Å². The molecule has 28 heavy (non-hydrogen) atoms. The van der Waals surface area contributed by atoms with Crippen LogP contribution in [0.25, 0.3) is 20.8 Å². The van der Waals surface area contributed by atoms with E-state index in [-0.39, 0.29) is 0 Å². The predicted octanol–water partition coefficient (Wildman–Crippen LogP) is 4.70. The Balaban J connectivity index is 1.72. The van der Waals surface area contributed by atoms with Crippen molar-refractivity contribution in [3.63, 3.8) is 0 Å². The molecule has 3 aromatic rings. The minimum atomic E-state index is 0.342. The molecule has 2 atom stereocenters. The molecule has 148 valence electrons. The number of halogens is 1. The van der Waals surface area contributed by atoms with Crippen molar-refractivity contribution in [3.05, 3.63) is 29.4 Å².